The molecule has 5 heteroatoms. The van der Waals surface area contributed by atoms with Gasteiger partial charge in [0.15, 0.2) is 0 Å². The summed E-state index contributed by atoms with van der Waals surface area (Å²) in [7, 11) is 0. The van der Waals surface area contributed by atoms with Crippen LogP contribution in [0.4, 0.5) is 0 Å². The maximum Gasteiger partial charge on any atom is 0.227 e. The fourth-order valence-corrected chi connectivity index (χ4v) is 2.43. The van der Waals surface area contributed by atoms with Crippen LogP contribution in [0.3, 0.4) is 0 Å². The van der Waals surface area contributed by atoms with Crippen LogP contribution in [0.2, 0.25) is 0 Å². The minimum Gasteiger partial charge on any atom is -0.393 e. The summed E-state index contributed by atoms with van der Waals surface area (Å²) in [5.41, 5.74) is 2.87. The first-order valence-corrected chi connectivity index (χ1v) is 6.54. The molecule has 1 aliphatic rings. The van der Waals surface area contributed by atoms with Crippen LogP contribution in [-0.2, 0) is 11.2 Å². The monoisotopic (exact) mass is 251 g/mol. The predicted molar refractivity (Wildman–Crippen MR) is 68.2 cm³/mol. The first-order valence-electron chi connectivity index (χ1n) is 6.54. The second-order valence-corrected chi connectivity index (χ2v) is 5.05. The molecule has 0 bridgehead atoms. The molecule has 0 radical (unpaired) electrons. The number of nitrogens with zero attached hydrogens (tertiary/aromatic N) is 2. The Morgan fingerprint density at radius 2 is 2.22 bits per heavy atom. The number of hydrogen-bond acceptors (Lipinski definition) is 3. The van der Waals surface area contributed by atoms with Gasteiger partial charge in [0.1, 0.15) is 0 Å². The molecule has 0 spiro atoms. The summed E-state index contributed by atoms with van der Waals surface area (Å²) in [5.74, 6) is 0.136. The number of aromatic amines is 1. The molecular formula is C13H21N3O2. The highest BCUT2D eigenvalue weighted by Crippen LogP contribution is 2.15. The Hall–Kier alpha value is -1.36. The van der Waals surface area contributed by atoms with Gasteiger partial charge in [0, 0.05) is 24.3 Å². The number of hydrogen-bond donors (Lipinski definition) is 2. The summed E-state index contributed by atoms with van der Waals surface area (Å²) in [4.78, 5) is 14.1. The Morgan fingerprint density at radius 1 is 1.44 bits per heavy atom. The Labute approximate surface area is 107 Å². The number of aryl methyl sites for hydroxylation is 2. The third-order valence-electron chi connectivity index (χ3n) is 3.66. The molecule has 1 aliphatic heterocycles. The molecule has 0 aromatic carbocycles. The van der Waals surface area contributed by atoms with Gasteiger partial charge in [0.25, 0.3) is 0 Å². The molecule has 1 aromatic rings. The molecule has 2 N–H and O–H groups in total. The summed E-state index contributed by atoms with van der Waals surface area (Å²) >= 11 is 0. The predicted octanol–water partition coefficient (Wildman–Crippen LogP) is 0.942. The number of H-pyrrole nitrogens is 1. The standard InChI is InChI=1S/C13H21N3O2/c1-9-12(10(2)15-14-9)8-13(18)16-6-3-4-11(17)5-7-16/h11,17H,3-8H2,1-2H3,(H,14,15). The average molecular weight is 251 g/mol. The van der Waals surface area contributed by atoms with Crippen molar-refractivity contribution in [2.45, 2.75) is 45.6 Å². The van der Waals surface area contributed by atoms with Crippen molar-refractivity contribution in [1.82, 2.24) is 15.1 Å². The molecule has 1 amide bonds. The molecule has 18 heavy (non-hydrogen) atoms. The topological polar surface area (TPSA) is 69.2 Å². The lowest BCUT2D eigenvalue weighted by atomic mass is 10.1. The van der Waals surface area contributed by atoms with E-state index in [4.69, 9.17) is 0 Å². The van der Waals surface area contributed by atoms with Gasteiger partial charge in [-0.25, -0.2) is 0 Å². The van der Waals surface area contributed by atoms with Crippen molar-refractivity contribution in [1.29, 1.82) is 0 Å². The van der Waals surface area contributed by atoms with E-state index < -0.39 is 0 Å². The van der Waals surface area contributed by atoms with Crippen LogP contribution in [0.5, 0.6) is 0 Å². The van der Waals surface area contributed by atoms with Crippen molar-refractivity contribution in [3.05, 3.63) is 17.0 Å². The minimum atomic E-state index is -0.250. The van der Waals surface area contributed by atoms with Gasteiger partial charge in [0.05, 0.1) is 18.2 Å². The summed E-state index contributed by atoms with van der Waals surface area (Å²) in [5, 5.41) is 16.6. The van der Waals surface area contributed by atoms with E-state index in [0.29, 0.717) is 19.4 Å². The highest BCUT2D eigenvalue weighted by atomic mass is 16.3. The van der Waals surface area contributed by atoms with Crippen molar-refractivity contribution in [2.75, 3.05) is 13.1 Å². The molecule has 1 saturated heterocycles. The first-order chi connectivity index (χ1) is 8.58. The Bertz CT molecular complexity index is 408. The molecule has 2 rings (SSSR count). The number of rotatable bonds is 2. The molecule has 2 heterocycles. The minimum absolute atomic E-state index is 0.136. The normalized spacial score (nSPS) is 20.8. The van der Waals surface area contributed by atoms with Crippen LogP contribution in [0.25, 0.3) is 0 Å². The van der Waals surface area contributed by atoms with E-state index in [-0.39, 0.29) is 12.0 Å². The molecule has 100 valence electrons. The van der Waals surface area contributed by atoms with Crippen molar-refractivity contribution in [3.8, 4) is 0 Å². The summed E-state index contributed by atoms with van der Waals surface area (Å²) in [6, 6.07) is 0. The number of nitrogens with one attached hydrogen (secondary N) is 1. The molecular weight excluding hydrogens is 230 g/mol. The van der Waals surface area contributed by atoms with Gasteiger partial charge in [-0.15, -0.1) is 0 Å². The Kier molecular flexibility index (Phi) is 4.01. The lowest BCUT2D eigenvalue weighted by molar-refractivity contribution is -0.130. The third-order valence-corrected chi connectivity index (χ3v) is 3.66. The van der Waals surface area contributed by atoms with Gasteiger partial charge in [-0.3, -0.25) is 9.89 Å². The van der Waals surface area contributed by atoms with Crippen molar-refractivity contribution in [2.24, 2.45) is 0 Å². The largest absolute Gasteiger partial charge is 0.393 e. The zero-order chi connectivity index (χ0) is 13.1. The average Bonchev–Trinajstić information content (AvgIpc) is 2.56. The van der Waals surface area contributed by atoms with E-state index in [1.54, 1.807) is 0 Å². The van der Waals surface area contributed by atoms with Crippen molar-refractivity contribution >= 4 is 5.91 Å². The van der Waals surface area contributed by atoms with Gasteiger partial charge < -0.3 is 10.0 Å². The molecule has 5 nitrogen and oxygen atoms in total. The van der Waals surface area contributed by atoms with Gasteiger partial charge in [0.2, 0.25) is 5.91 Å². The van der Waals surface area contributed by atoms with E-state index in [9.17, 15) is 9.90 Å². The number of aliphatic hydroxyl groups excluding tert-OH is 1. The van der Waals surface area contributed by atoms with Crippen LogP contribution in [0.15, 0.2) is 0 Å². The number of carbonyl (C=O) groups is 1. The SMILES string of the molecule is Cc1n[nH]c(C)c1CC(=O)N1CCCC(O)CC1. The maximum atomic E-state index is 12.2. The lowest BCUT2D eigenvalue weighted by Gasteiger charge is -2.20. The second-order valence-electron chi connectivity index (χ2n) is 5.05. The number of carbonyl (C=O) groups excluding carboxylic acids is 1. The van der Waals surface area contributed by atoms with Crippen LogP contribution >= 0.6 is 0 Å². The maximum absolute atomic E-state index is 12.2. The molecule has 0 aliphatic carbocycles. The van der Waals surface area contributed by atoms with E-state index in [2.05, 4.69) is 10.2 Å². The van der Waals surface area contributed by atoms with Gasteiger partial charge >= 0.3 is 0 Å². The zero-order valence-corrected chi connectivity index (χ0v) is 11.1. The highest BCUT2D eigenvalue weighted by Gasteiger charge is 2.21. The third kappa shape index (κ3) is 2.90. The van der Waals surface area contributed by atoms with Gasteiger partial charge in [-0.1, -0.05) is 0 Å². The quantitative estimate of drug-likeness (QED) is 0.822. The lowest BCUT2D eigenvalue weighted by Crippen LogP contribution is -2.33. The van der Waals surface area contributed by atoms with E-state index in [1.165, 1.54) is 0 Å². The van der Waals surface area contributed by atoms with Crippen LogP contribution < -0.4 is 0 Å². The Morgan fingerprint density at radius 3 is 2.89 bits per heavy atom. The van der Waals surface area contributed by atoms with Gasteiger partial charge in [-0.05, 0) is 33.1 Å². The van der Waals surface area contributed by atoms with Crippen LogP contribution in [0.1, 0.15) is 36.2 Å². The molecule has 0 saturated carbocycles. The molecule has 1 aromatic heterocycles. The molecule has 1 atom stereocenters. The first kappa shape index (κ1) is 13.1. The summed E-state index contributed by atoms with van der Waals surface area (Å²) in [6.45, 7) is 5.27. The van der Waals surface area contributed by atoms with Crippen LogP contribution in [0, 0.1) is 13.8 Å². The molecule has 1 unspecified atom stereocenters. The number of aliphatic hydroxyl groups is 1. The fraction of sp³-hybridized carbons (Fsp3) is 0.692. The number of likely N-dealkylation sites (tertiary alicyclic amines) is 1. The summed E-state index contributed by atoms with van der Waals surface area (Å²) in [6.07, 6.45) is 2.53. The number of amides is 1. The highest BCUT2D eigenvalue weighted by molar-refractivity contribution is 5.79. The zero-order valence-electron chi connectivity index (χ0n) is 11.1. The van der Waals surface area contributed by atoms with E-state index >= 15 is 0 Å². The summed E-state index contributed by atoms with van der Waals surface area (Å²) < 4.78 is 0. The number of aromatic nitrogens is 2. The second kappa shape index (κ2) is 5.52. The van der Waals surface area contributed by atoms with Crippen molar-refractivity contribution < 1.29 is 9.90 Å². The fourth-order valence-electron chi connectivity index (χ4n) is 2.43. The molecule has 1 fully saturated rings. The smallest absolute Gasteiger partial charge is 0.227 e. The van der Waals surface area contributed by atoms with Crippen molar-refractivity contribution in [3.63, 3.8) is 0 Å². The van der Waals surface area contributed by atoms with Gasteiger partial charge in [-0.2, -0.15) is 5.10 Å². The Balaban J connectivity index is 1.99. The van der Waals surface area contributed by atoms with E-state index in [0.717, 1.165) is 36.3 Å². The van der Waals surface area contributed by atoms with Crippen LogP contribution in [-0.4, -0.2) is 45.3 Å². The van der Waals surface area contributed by atoms with E-state index in [1.807, 2.05) is 18.7 Å².